The molecule has 0 radical (unpaired) electrons. The van der Waals surface area contributed by atoms with Gasteiger partial charge in [-0.3, -0.25) is 24.3 Å². The van der Waals surface area contributed by atoms with Crippen molar-refractivity contribution in [2.45, 2.75) is 12.8 Å². The molecule has 0 spiro atoms. The number of carbonyl (C=O) groups excluding carboxylic acids is 3. The highest BCUT2D eigenvalue weighted by atomic mass is 32.2. The molecule has 2 aromatic heterocycles. The summed E-state index contributed by atoms with van der Waals surface area (Å²) in [5, 5.41) is 3.35. The average molecular weight is 439 g/mol. The van der Waals surface area contributed by atoms with E-state index in [1.807, 2.05) is 30.3 Å². The molecule has 1 aliphatic rings. The first-order valence-electron chi connectivity index (χ1n) is 9.37. The summed E-state index contributed by atoms with van der Waals surface area (Å²) in [4.78, 5) is 46.8. The minimum absolute atomic E-state index is 0.132. The Morgan fingerprint density at radius 2 is 2.03 bits per heavy atom. The quantitative estimate of drug-likeness (QED) is 0.568. The van der Waals surface area contributed by atoms with Crippen molar-refractivity contribution >= 4 is 56.4 Å². The highest BCUT2D eigenvalue weighted by Crippen LogP contribution is 2.31. The molecular weight excluding hydrogens is 420 g/mol. The number of benzene rings is 1. The first-order chi connectivity index (χ1) is 14.6. The van der Waals surface area contributed by atoms with E-state index >= 15 is 0 Å². The minimum atomic E-state index is -0.349. The van der Waals surface area contributed by atoms with E-state index < -0.39 is 0 Å². The number of aromatic nitrogens is 2. The van der Waals surface area contributed by atoms with Gasteiger partial charge in [0.05, 0.1) is 20.1 Å². The van der Waals surface area contributed by atoms with Crippen molar-refractivity contribution in [2.24, 2.45) is 0 Å². The van der Waals surface area contributed by atoms with Crippen molar-refractivity contribution in [1.29, 1.82) is 0 Å². The zero-order chi connectivity index (χ0) is 20.9. The van der Waals surface area contributed by atoms with Gasteiger partial charge in [0.15, 0.2) is 0 Å². The molecule has 3 heterocycles. The van der Waals surface area contributed by atoms with E-state index in [-0.39, 0.29) is 30.1 Å². The average Bonchev–Trinajstić information content (AvgIpc) is 3.28. The molecule has 9 heteroatoms. The molecule has 1 aliphatic heterocycles. The maximum absolute atomic E-state index is 12.5. The predicted molar refractivity (Wildman–Crippen MR) is 118 cm³/mol. The van der Waals surface area contributed by atoms with Crippen LogP contribution in [0.2, 0.25) is 0 Å². The van der Waals surface area contributed by atoms with E-state index in [0.717, 1.165) is 37.4 Å². The minimum Gasteiger partial charge on any atom is -0.354 e. The smallest absolute Gasteiger partial charge is 0.293 e. The molecular formula is C21H18N4O3S2. The Morgan fingerprint density at radius 3 is 2.83 bits per heavy atom. The fraction of sp³-hybridized carbons (Fsp3) is 0.190. The van der Waals surface area contributed by atoms with E-state index in [2.05, 4.69) is 15.3 Å². The highest BCUT2D eigenvalue weighted by molar-refractivity contribution is 8.18. The van der Waals surface area contributed by atoms with Crippen LogP contribution in [0.15, 0.2) is 53.7 Å². The first-order valence-corrected chi connectivity index (χ1v) is 11.0. The summed E-state index contributed by atoms with van der Waals surface area (Å²) in [6, 6.07) is 11.4. The predicted octanol–water partition coefficient (Wildman–Crippen LogP) is 3.48. The van der Waals surface area contributed by atoms with E-state index in [9.17, 15) is 14.4 Å². The number of thioether (sulfide) groups is 1. The zero-order valence-electron chi connectivity index (χ0n) is 15.9. The van der Waals surface area contributed by atoms with Gasteiger partial charge >= 0.3 is 0 Å². The Labute approximate surface area is 181 Å². The van der Waals surface area contributed by atoms with Gasteiger partial charge in [-0.05, 0) is 41.6 Å². The third kappa shape index (κ3) is 4.74. The summed E-state index contributed by atoms with van der Waals surface area (Å²) in [6.45, 7) is 0.360. The summed E-state index contributed by atoms with van der Waals surface area (Å²) < 4.78 is 1.10. The maximum Gasteiger partial charge on any atom is 0.293 e. The SMILES string of the molecule is O=C(CCc1nc2ccccc2s1)NCCN1C(=O)S/C(=C/c2cccnc2)C1=O. The number of rotatable bonds is 7. The normalized spacial score (nSPS) is 15.3. The molecule has 1 fully saturated rings. The number of aryl methyl sites for hydroxylation is 1. The van der Waals surface area contributed by atoms with Gasteiger partial charge in [0.1, 0.15) is 0 Å². The number of hydrogen-bond acceptors (Lipinski definition) is 7. The van der Waals surface area contributed by atoms with Crippen LogP contribution in [0.1, 0.15) is 17.0 Å². The van der Waals surface area contributed by atoms with Crippen molar-refractivity contribution in [1.82, 2.24) is 20.2 Å². The molecule has 7 nitrogen and oxygen atoms in total. The van der Waals surface area contributed by atoms with Crippen LogP contribution in [-0.4, -0.2) is 45.0 Å². The summed E-state index contributed by atoms with van der Waals surface area (Å²) >= 11 is 2.48. The molecule has 0 saturated carbocycles. The zero-order valence-corrected chi connectivity index (χ0v) is 17.5. The molecule has 152 valence electrons. The number of fused-ring (bicyclic) bond motifs is 1. The number of pyridine rings is 1. The van der Waals surface area contributed by atoms with Gasteiger partial charge in [-0.15, -0.1) is 11.3 Å². The van der Waals surface area contributed by atoms with Crippen molar-refractivity contribution in [3.05, 3.63) is 64.3 Å². The van der Waals surface area contributed by atoms with Crippen LogP contribution in [-0.2, 0) is 16.0 Å². The van der Waals surface area contributed by atoms with Crippen molar-refractivity contribution < 1.29 is 14.4 Å². The second-order valence-electron chi connectivity index (χ2n) is 6.54. The second kappa shape index (κ2) is 9.19. The summed E-state index contributed by atoms with van der Waals surface area (Å²) in [6.07, 6.45) is 5.78. The van der Waals surface area contributed by atoms with E-state index in [4.69, 9.17) is 0 Å². The summed E-state index contributed by atoms with van der Waals surface area (Å²) in [5.41, 5.74) is 1.70. The molecule has 1 aromatic carbocycles. The van der Waals surface area contributed by atoms with Crippen LogP contribution in [0.4, 0.5) is 4.79 Å². The monoisotopic (exact) mass is 438 g/mol. The highest BCUT2D eigenvalue weighted by Gasteiger charge is 2.34. The van der Waals surface area contributed by atoms with Gasteiger partial charge in [-0.2, -0.15) is 0 Å². The number of nitrogens with zero attached hydrogens (tertiary/aromatic N) is 3. The van der Waals surface area contributed by atoms with E-state index in [1.54, 1.807) is 35.9 Å². The van der Waals surface area contributed by atoms with Gasteiger partial charge in [-0.1, -0.05) is 18.2 Å². The Bertz CT molecular complexity index is 1090. The maximum atomic E-state index is 12.5. The summed E-state index contributed by atoms with van der Waals surface area (Å²) in [5.74, 6) is -0.482. The van der Waals surface area contributed by atoms with Crippen LogP contribution < -0.4 is 5.32 Å². The van der Waals surface area contributed by atoms with Crippen molar-refractivity contribution in [3.8, 4) is 0 Å². The Balaban J connectivity index is 1.25. The van der Waals surface area contributed by atoms with Crippen LogP contribution >= 0.6 is 23.1 Å². The van der Waals surface area contributed by atoms with Crippen LogP contribution in [0.5, 0.6) is 0 Å². The lowest BCUT2D eigenvalue weighted by Gasteiger charge is -2.12. The molecule has 0 bridgehead atoms. The fourth-order valence-electron chi connectivity index (χ4n) is 2.95. The van der Waals surface area contributed by atoms with E-state index in [0.29, 0.717) is 17.7 Å². The van der Waals surface area contributed by atoms with Crippen LogP contribution in [0.3, 0.4) is 0 Å². The molecule has 1 saturated heterocycles. The van der Waals surface area contributed by atoms with Gasteiger partial charge in [-0.25, -0.2) is 4.98 Å². The number of hydrogen-bond donors (Lipinski definition) is 1. The number of nitrogens with one attached hydrogen (secondary N) is 1. The number of carbonyl (C=O) groups is 3. The fourth-order valence-corrected chi connectivity index (χ4v) is 4.78. The lowest BCUT2D eigenvalue weighted by atomic mass is 10.2. The Hall–Kier alpha value is -3.04. The van der Waals surface area contributed by atoms with Crippen LogP contribution in [0.25, 0.3) is 16.3 Å². The molecule has 30 heavy (non-hydrogen) atoms. The number of para-hydroxylation sites is 1. The van der Waals surface area contributed by atoms with Crippen molar-refractivity contribution in [2.75, 3.05) is 13.1 Å². The Morgan fingerprint density at radius 1 is 1.17 bits per heavy atom. The lowest BCUT2D eigenvalue weighted by molar-refractivity contribution is -0.124. The van der Waals surface area contributed by atoms with Gasteiger partial charge in [0.25, 0.3) is 11.1 Å². The molecule has 0 unspecified atom stereocenters. The topological polar surface area (TPSA) is 92.3 Å². The largest absolute Gasteiger partial charge is 0.354 e. The van der Waals surface area contributed by atoms with E-state index in [1.165, 1.54) is 0 Å². The molecule has 1 N–H and O–H groups in total. The molecule has 3 aromatic rings. The second-order valence-corrected chi connectivity index (χ2v) is 8.65. The molecule has 3 amide bonds. The summed E-state index contributed by atoms with van der Waals surface area (Å²) in [7, 11) is 0. The standard InChI is InChI=1S/C21H18N4O3S2/c26-18(7-8-19-24-15-5-1-2-6-16(15)29-19)23-10-11-25-20(27)17(30-21(25)28)12-14-4-3-9-22-13-14/h1-6,9,12-13H,7-8,10-11H2,(H,23,26)/b17-12+. The first kappa shape index (κ1) is 20.2. The number of imide groups is 1. The third-order valence-electron chi connectivity index (χ3n) is 4.42. The Kier molecular flexibility index (Phi) is 6.20. The van der Waals surface area contributed by atoms with Gasteiger partial charge < -0.3 is 5.32 Å². The van der Waals surface area contributed by atoms with Crippen molar-refractivity contribution in [3.63, 3.8) is 0 Å². The van der Waals surface area contributed by atoms with Crippen LogP contribution in [0, 0.1) is 0 Å². The molecule has 0 atom stereocenters. The number of thiazole rings is 1. The third-order valence-corrected chi connectivity index (χ3v) is 6.42. The lowest BCUT2D eigenvalue weighted by Crippen LogP contribution is -2.37. The van der Waals surface area contributed by atoms with Gasteiger partial charge in [0.2, 0.25) is 5.91 Å². The number of amides is 3. The molecule has 4 rings (SSSR count). The van der Waals surface area contributed by atoms with Gasteiger partial charge in [0, 0.05) is 38.3 Å². The molecule has 0 aliphatic carbocycles.